The number of fused-ring (bicyclic) bond motifs is 1. The van der Waals surface area contributed by atoms with Crippen LogP contribution in [0, 0.1) is 6.92 Å². The molecule has 0 N–H and O–H groups in total. The second kappa shape index (κ2) is 5.89. The summed E-state index contributed by atoms with van der Waals surface area (Å²) in [6.45, 7) is 5.16. The highest BCUT2D eigenvalue weighted by Gasteiger charge is 2.20. The van der Waals surface area contributed by atoms with Crippen molar-refractivity contribution >= 4 is 28.6 Å². The van der Waals surface area contributed by atoms with Gasteiger partial charge in [-0.2, -0.15) is 0 Å². The van der Waals surface area contributed by atoms with E-state index >= 15 is 0 Å². The van der Waals surface area contributed by atoms with Crippen molar-refractivity contribution in [2.45, 2.75) is 26.3 Å². The van der Waals surface area contributed by atoms with Crippen molar-refractivity contribution in [2.75, 3.05) is 18.0 Å². The average Bonchev–Trinajstić information content (AvgIpc) is 3.18. The normalized spacial score (nSPS) is 14.8. The number of anilines is 1. The first-order valence-electron chi connectivity index (χ1n) is 8.17. The molecule has 0 unspecified atom stereocenters. The number of halogens is 1. The Labute approximate surface area is 141 Å². The lowest BCUT2D eigenvalue weighted by Gasteiger charge is -2.18. The predicted molar refractivity (Wildman–Crippen MR) is 96.5 cm³/mol. The fourth-order valence-electron chi connectivity index (χ4n) is 3.36. The van der Waals surface area contributed by atoms with E-state index in [9.17, 15) is 0 Å². The van der Waals surface area contributed by atoms with E-state index in [-0.39, 0.29) is 0 Å². The lowest BCUT2D eigenvalue weighted by atomic mass is 10.2. The summed E-state index contributed by atoms with van der Waals surface area (Å²) in [5.74, 6) is 1.10. The van der Waals surface area contributed by atoms with Gasteiger partial charge in [0, 0.05) is 18.1 Å². The maximum atomic E-state index is 6.02. The van der Waals surface area contributed by atoms with Crippen LogP contribution in [0.3, 0.4) is 0 Å². The number of hydrogen-bond donors (Lipinski definition) is 0. The van der Waals surface area contributed by atoms with E-state index < -0.39 is 0 Å². The van der Waals surface area contributed by atoms with Crippen molar-refractivity contribution in [2.24, 2.45) is 0 Å². The Hall–Kier alpha value is -2.00. The van der Waals surface area contributed by atoms with Crippen molar-refractivity contribution < 1.29 is 0 Å². The molecular weight excluding hydrogens is 306 g/mol. The molecule has 4 rings (SSSR count). The molecule has 0 bridgehead atoms. The minimum atomic E-state index is 0.778. The van der Waals surface area contributed by atoms with Gasteiger partial charge in [-0.15, -0.1) is 0 Å². The second-order valence-electron chi connectivity index (χ2n) is 6.26. The molecule has 3 nitrogen and oxygen atoms in total. The molecule has 1 aliphatic heterocycles. The predicted octanol–water partition coefficient (Wildman–Crippen LogP) is 4.65. The monoisotopic (exact) mass is 325 g/mol. The number of nitrogens with zero attached hydrogens (tertiary/aromatic N) is 3. The highest BCUT2D eigenvalue weighted by Crippen LogP contribution is 2.28. The van der Waals surface area contributed by atoms with E-state index in [0.717, 1.165) is 36.1 Å². The molecule has 1 aliphatic rings. The zero-order chi connectivity index (χ0) is 15.8. The Morgan fingerprint density at radius 2 is 1.78 bits per heavy atom. The van der Waals surface area contributed by atoms with Crippen molar-refractivity contribution in [3.63, 3.8) is 0 Å². The van der Waals surface area contributed by atoms with E-state index in [1.54, 1.807) is 0 Å². The molecule has 23 heavy (non-hydrogen) atoms. The van der Waals surface area contributed by atoms with Gasteiger partial charge in [-0.25, -0.2) is 4.98 Å². The minimum absolute atomic E-state index is 0.778. The molecule has 1 aromatic heterocycles. The zero-order valence-corrected chi connectivity index (χ0v) is 14.1. The molecule has 2 heterocycles. The Balaban J connectivity index is 1.83. The topological polar surface area (TPSA) is 21.1 Å². The highest BCUT2D eigenvalue weighted by molar-refractivity contribution is 6.30. The Morgan fingerprint density at radius 3 is 2.52 bits per heavy atom. The van der Waals surface area contributed by atoms with E-state index in [0.29, 0.717) is 0 Å². The fraction of sp³-hybridized carbons (Fsp3) is 0.316. The standard InChI is InChI=1S/C19H20ClN3/c1-14-5-4-6-17-18(14)21-19(22-11-2-3-12-22)23(17)13-15-7-9-16(20)10-8-15/h4-10H,2-3,11-13H2,1H3. The molecule has 1 fully saturated rings. The van der Waals surface area contributed by atoms with E-state index in [2.05, 4.69) is 46.7 Å². The summed E-state index contributed by atoms with van der Waals surface area (Å²) < 4.78 is 2.34. The molecule has 1 saturated heterocycles. The van der Waals surface area contributed by atoms with E-state index in [4.69, 9.17) is 16.6 Å². The van der Waals surface area contributed by atoms with Crippen molar-refractivity contribution in [1.82, 2.24) is 9.55 Å². The molecular formula is C19H20ClN3. The highest BCUT2D eigenvalue weighted by atomic mass is 35.5. The molecule has 0 saturated carbocycles. The van der Waals surface area contributed by atoms with Crippen LogP contribution in [-0.4, -0.2) is 22.6 Å². The smallest absolute Gasteiger partial charge is 0.206 e. The van der Waals surface area contributed by atoms with Crippen LogP contribution < -0.4 is 4.90 Å². The van der Waals surface area contributed by atoms with Gasteiger partial charge in [-0.3, -0.25) is 0 Å². The third-order valence-electron chi connectivity index (χ3n) is 4.60. The van der Waals surface area contributed by atoms with Crippen LogP contribution in [0.1, 0.15) is 24.0 Å². The Bertz CT molecular complexity index is 830. The molecule has 0 atom stereocenters. The summed E-state index contributed by atoms with van der Waals surface area (Å²) in [5.41, 5.74) is 4.80. The van der Waals surface area contributed by atoms with Gasteiger partial charge in [-0.05, 0) is 49.1 Å². The molecule has 0 radical (unpaired) electrons. The van der Waals surface area contributed by atoms with Crippen LogP contribution in [0.4, 0.5) is 5.95 Å². The van der Waals surface area contributed by atoms with Crippen LogP contribution in [0.2, 0.25) is 5.02 Å². The van der Waals surface area contributed by atoms with Crippen LogP contribution in [0.5, 0.6) is 0 Å². The van der Waals surface area contributed by atoms with Gasteiger partial charge in [0.05, 0.1) is 17.6 Å². The molecule has 118 valence electrons. The van der Waals surface area contributed by atoms with E-state index in [1.165, 1.54) is 29.5 Å². The molecule has 4 heteroatoms. The second-order valence-corrected chi connectivity index (χ2v) is 6.70. The van der Waals surface area contributed by atoms with Crippen LogP contribution in [-0.2, 0) is 6.54 Å². The first-order chi connectivity index (χ1) is 11.2. The first-order valence-corrected chi connectivity index (χ1v) is 8.55. The van der Waals surface area contributed by atoms with Gasteiger partial charge < -0.3 is 9.47 Å². The zero-order valence-electron chi connectivity index (χ0n) is 13.3. The quantitative estimate of drug-likeness (QED) is 0.699. The summed E-state index contributed by atoms with van der Waals surface area (Å²) in [7, 11) is 0. The van der Waals surface area contributed by atoms with Crippen molar-refractivity contribution in [3.05, 3.63) is 58.6 Å². The van der Waals surface area contributed by atoms with Crippen LogP contribution in [0.15, 0.2) is 42.5 Å². The number of benzene rings is 2. The molecule has 3 aromatic rings. The van der Waals surface area contributed by atoms with Crippen molar-refractivity contribution in [1.29, 1.82) is 0 Å². The van der Waals surface area contributed by atoms with Gasteiger partial charge in [0.1, 0.15) is 0 Å². The van der Waals surface area contributed by atoms with E-state index in [1.807, 2.05) is 12.1 Å². The first kappa shape index (κ1) is 14.6. The Kier molecular flexibility index (Phi) is 3.74. The summed E-state index contributed by atoms with van der Waals surface area (Å²) in [6, 6.07) is 14.5. The third-order valence-corrected chi connectivity index (χ3v) is 4.86. The lowest BCUT2D eigenvalue weighted by molar-refractivity contribution is 0.776. The van der Waals surface area contributed by atoms with Crippen LogP contribution in [0.25, 0.3) is 11.0 Å². The number of hydrogen-bond acceptors (Lipinski definition) is 2. The molecule has 0 spiro atoms. The van der Waals surface area contributed by atoms with Crippen molar-refractivity contribution in [3.8, 4) is 0 Å². The maximum absolute atomic E-state index is 6.02. The number of aryl methyl sites for hydroxylation is 1. The third kappa shape index (κ3) is 2.70. The number of aromatic nitrogens is 2. The molecule has 2 aromatic carbocycles. The number of para-hydroxylation sites is 1. The number of rotatable bonds is 3. The maximum Gasteiger partial charge on any atom is 0.206 e. The van der Waals surface area contributed by atoms with Gasteiger partial charge in [-0.1, -0.05) is 35.9 Å². The summed E-state index contributed by atoms with van der Waals surface area (Å²) in [5, 5.41) is 0.778. The summed E-state index contributed by atoms with van der Waals surface area (Å²) in [4.78, 5) is 7.38. The van der Waals surface area contributed by atoms with Gasteiger partial charge in [0.15, 0.2) is 0 Å². The molecule has 0 aliphatic carbocycles. The Morgan fingerprint density at radius 1 is 1.04 bits per heavy atom. The largest absolute Gasteiger partial charge is 0.342 e. The minimum Gasteiger partial charge on any atom is -0.342 e. The average molecular weight is 326 g/mol. The number of imidazole rings is 1. The summed E-state index contributed by atoms with van der Waals surface area (Å²) in [6.07, 6.45) is 2.51. The van der Waals surface area contributed by atoms with Gasteiger partial charge >= 0.3 is 0 Å². The fourth-order valence-corrected chi connectivity index (χ4v) is 3.49. The lowest BCUT2D eigenvalue weighted by Crippen LogP contribution is -2.22. The summed E-state index contributed by atoms with van der Waals surface area (Å²) >= 11 is 6.02. The van der Waals surface area contributed by atoms with Crippen LogP contribution >= 0.6 is 11.6 Å². The van der Waals surface area contributed by atoms with Gasteiger partial charge in [0.2, 0.25) is 5.95 Å². The molecule has 0 amide bonds. The van der Waals surface area contributed by atoms with Gasteiger partial charge in [0.25, 0.3) is 0 Å². The SMILES string of the molecule is Cc1cccc2c1nc(N1CCCC1)n2Cc1ccc(Cl)cc1.